The molecule has 0 unspecified atom stereocenters. The lowest BCUT2D eigenvalue weighted by atomic mass is 10.1. The van der Waals surface area contributed by atoms with Gasteiger partial charge in [0, 0.05) is 17.0 Å². The van der Waals surface area contributed by atoms with Crippen LogP contribution in [0.1, 0.15) is 45.7 Å². The Bertz CT molecular complexity index is 640. The van der Waals surface area contributed by atoms with Crippen molar-refractivity contribution in [2.45, 2.75) is 52.1 Å². The monoisotopic (exact) mass is 321 g/mol. The molecule has 2 rings (SSSR count). The fourth-order valence-corrected chi connectivity index (χ4v) is 2.69. The van der Waals surface area contributed by atoms with E-state index in [1.54, 1.807) is 4.57 Å². The fraction of sp³-hybridized carbons (Fsp3) is 0.500. The van der Waals surface area contributed by atoms with Crippen molar-refractivity contribution in [3.05, 3.63) is 36.0 Å². The number of hydrogen-bond acceptors (Lipinski definition) is 2. The first-order chi connectivity index (χ1) is 10.4. The van der Waals surface area contributed by atoms with Crippen molar-refractivity contribution >= 4 is 28.6 Å². The van der Waals surface area contributed by atoms with Gasteiger partial charge in [0.1, 0.15) is 5.60 Å². The fourth-order valence-electron chi connectivity index (χ4n) is 2.50. The third-order valence-corrected chi connectivity index (χ3v) is 3.70. The number of unbranched alkanes of at least 4 members (excludes halogenated alkanes) is 2. The van der Waals surface area contributed by atoms with E-state index in [1.807, 2.05) is 45.0 Å². The molecule has 0 spiro atoms. The molecule has 0 fully saturated rings. The number of aromatic nitrogens is 1. The topological polar surface area (TPSA) is 31.2 Å². The molecule has 22 heavy (non-hydrogen) atoms. The SMILES string of the molecule is CC(C)(C)OC(=O)n1c(CCCCCCl)cc2ccccc21. The first-order valence-electron chi connectivity index (χ1n) is 7.81. The van der Waals surface area contributed by atoms with E-state index in [-0.39, 0.29) is 6.09 Å². The number of hydrogen-bond donors (Lipinski definition) is 0. The van der Waals surface area contributed by atoms with Gasteiger partial charge in [-0.3, -0.25) is 0 Å². The zero-order chi connectivity index (χ0) is 16.2. The van der Waals surface area contributed by atoms with Crippen molar-refractivity contribution in [2.24, 2.45) is 0 Å². The van der Waals surface area contributed by atoms with E-state index in [4.69, 9.17) is 16.3 Å². The Morgan fingerprint density at radius 2 is 1.91 bits per heavy atom. The summed E-state index contributed by atoms with van der Waals surface area (Å²) in [6.45, 7) is 5.66. The number of carbonyl (C=O) groups excluding carboxylic acids is 1. The Kier molecular flexibility index (Phi) is 5.52. The van der Waals surface area contributed by atoms with Crippen LogP contribution in [-0.4, -0.2) is 22.1 Å². The summed E-state index contributed by atoms with van der Waals surface area (Å²) in [5.41, 5.74) is 1.41. The Morgan fingerprint density at radius 1 is 1.18 bits per heavy atom. The third-order valence-electron chi connectivity index (χ3n) is 3.43. The average molecular weight is 322 g/mol. The van der Waals surface area contributed by atoms with E-state index in [2.05, 4.69) is 6.07 Å². The molecule has 3 nitrogen and oxygen atoms in total. The number of alkyl halides is 1. The van der Waals surface area contributed by atoms with Gasteiger partial charge in [0.05, 0.1) is 5.52 Å². The molecule has 0 aliphatic carbocycles. The Morgan fingerprint density at radius 3 is 2.59 bits per heavy atom. The predicted octanol–water partition coefficient (Wildman–Crippen LogP) is 5.38. The number of rotatable bonds is 5. The molecular formula is C18H24ClNO2. The summed E-state index contributed by atoms with van der Waals surface area (Å²) in [4.78, 5) is 12.6. The number of nitrogens with zero attached hydrogens (tertiary/aromatic N) is 1. The summed E-state index contributed by atoms with van der Waals surface area (Å²) < 4.78 is 7.27. The highest BCUT2D eigenvalue weighted by Crippen LogP contribution is 2.23. The number of carbonyl (C=O) groups is 1. The second-order valence-corrected chi connectivity index (χ2v) is 6.89. The minimum Gasteiger partial charge on any atom is -0.443 e. The highest BCUT2D eigenvalue weighted by atomic mass is 35.5. The number of ether oxygens (including phenoxy) is 1. The van der Waals surface area contributed by atoms with Gasteiger partial charge in [-0.15, -0.1) is 11.6 Å². The van der Waals surface area contributed by atoms with Crippen LogP contribution >= 0.6 is 11.6 Å². The maximum absolute atomic E-state index is 12.6. The van der Waals surface area contributed by atoms with Crippen molar-refractivity contribution in [3.63, 3.8) is 0 Å². The van der Waals surface area contributed by atoms with Crippen molar-refractivity contribution in [3.8, 4) is 0 Å². The van der Waals surface area contributed by atoms with E-state index in [0.29, 0.717) is 5.88 Å². The Balaban J connectivity index is 2.29. The Labute approximate surface area is 137 Å². The van der Waals surface area contributed by atoms with Gasteiger partial charge in [-0.05, 0) is 52.2 Å². The number of aryl methyl sites for hydroxylation is 1. The molecule has 2 aromatic rings. The Hall–Kier alpha value is -1.48. The van der Waals surface area contributed by atoms with Gasteiger partial charge in [-0.2, -0.15) is 0 Å². The maximum atomic E-state index is 12.6. The molecule has 0 bridgehead atoms. The molecule has 0 aliphatic rings. The number of halogens is 1. The molecule has 0 saturated carbocycles. The minimum atomic E-state index is -0.502. The molecule has 0 aliphatic heterocycles. The summed E-state index contributed by atoms with van der Waals surface area (Å²) >= 11 is 5.72. The first kappa shape index (κ1) is 16.9. The quantitative estimate of drug-likeness (QED) is 0.547. The maximum Gasteiger partial charge on any atom is 0.419 e. The molecule has 1 aromatic heterocycles. The van der Waals surface area contributed by atoms with Crippen LogP contribution in [0, 0.1) is 0 Å². The van der Waals surface area contributed by atoms with Crippen molar-refractivity contribution in [1.29, 1.82) is 0 Å². The molecule has 0 amide bonds. The molecule has 0 atom stereocenters. The smallest absolute Gasteiger partial charge is 0.419 e. The zero-order valence-corrected chi connectivity index (χ0v) is 14.3. The van der Waals surface area contributed by atoms with Crippen LogP contribution < -0.4 is 0 Å². The summed E-state index contributed by atoms with van der Waals surface area (Å²) in [7, 11) is 0. The molecule has 0 N–H and O–H groups in total. The summed E-state index contributed by atoms with van der Waals surface area (Å²) in [6, 6.07) is 10.00. The van der Waals surface area contributed by atoms with Crippen LogP contribution in [0.4, 0.5) is 4.79 Å². The van der Waals surface area contributed by atoms with Crippen LogP contribution in [0.25, 0.3) is 10.9 Å². The van der Waals surface area contributed by atoms with Gasteiger partial charge >= 0.3 is 6.09 Å². The van der Waals surface area contributed by atoms with Crippen LogP contribution in [0.2, 0.25) is 0 Å². The van der Waals surface area contributed by atoms with E-state index in [9.17, 15) is 4.79 Å². The average Bonchev–Trinajstić information content (AvgIpc) is 2.80. The lowest BCUT2D eigenvalue weighted by Crippen LogP contribution is -2.28. The molecule has 1 aromatic carbocycles. The largest absolute Gasteiger partial charge is 0.443 e. The summed E-state index contributed by atoms with van der Waals surface area (Å²) in [6.07, 6.45) is 3.64. The van der Waals surface area contributed by atoms with Crippen molar-refractivity contribution in [1.82, 2.24) is 4.57 Å². The van der Waals surface area contributed by atoms with E-state index in [1.165, 1.54) is 0 Å². The third kappa shape index (κ3) is 4.26. The van der Waals surface area contributed by atoms with Gasteiger partial charge in [-0.25, -0.2) is 9.36 Å². The standard InChI is InChI=1S/C18H24ClNO2/c1-18(2,3)22-17(21)20-15(10-5-4-8-12-19)13-14-9-6-7-11-16(14)20/h6-7,9,11,13H,4-5,8,10,12H2,1-3H3. The van der Waals surface area contributed by atoms with Gasteiger partial charge in [-0.1, -0.05) is 24.6 Å². The van der Waals surface area contributed by atoms with Gasteiger partial charge in [0.2, 0.25) is 0 Å². The second-order valence-electron chi connectivity index (χ2n) is 6.51. The van der Waals surface area contributed by atoms with Gasteiger partial charge in [0.15, 0.2) is 0 Å². The lowest BCUT2D eigenvalue weighted by Gasteiger charge is -2.21. The van der Waals surface area contributed by atoms with Crippen LogP contribution in [0.3, 0.4) is 0 Å². The summed E-state index contributed by atoms with van der Waals surface area (Å²) in [5, 5.41) is 1.07. The number of benzene rings is 1. The predicted molar refractivity (Wildman–Crippen MR) is 91.8 cm³/mol. The highest BCUT2D eigenvalue weighted by Gasteiger charge is 2.21. The molecule has 120 valence electrons. The molecule has 0 saturated heterocycles. The van der Waals surface area contributed by atoms with E-state index in [0.717, 1.165) is 42.3 Å². The number of fused-ring (bicyclic) bond motifs is 1. The van der Waals surface area contributed by atoms with Gasteiger partial charge in [0.25, 0.3) is 0 Å². The van der Waals surface area contributed by atoms with Crippen LogP contribution in [-0.2, 0) is 11.2 Å². The van der Waals surface area contributed by atoms with Crippen molar-refractivity contribution in [2.75, 3.05) is 5.88 Å². The minimum absolute atomic E-state index is 0.305. The van der Waals surface area contributed by atoms with Crippen LogP contribution in [0.15, 0.2) is 30.3 Å². The highest BCUT2D eigenvalue weighted by molar-refractivity contribution is 6.17. The molecule has 4 heteroatoms. The zero-order valence-electron chi connectivity index (χ0n) is 13.6. The number of para-hydroxylation sites is 1. The van der Waals surface area contributed by atoms with Crippen molar-refractivity contribution < 1.29 is 9.53 Å². The normalized spacial score (nSPS) is 11.8. The molecule has 0 radical (unpaired) electrons. The van der Waals surface area contributed by atoms with Crippen LogP contribution in [0.5, 0.6) is 0 Å². The van der Waals surface area contributed by atoms with E-state index < -0.39 is 5.60 Å². The molecular weight excluding hydrogens is 298 g/mol. The molecule has 1 heterocycles. The lowest BCUT2D eigenvalue weighted by molar-refractivity contribution is 0.0540. The second kappa shape index (κ2) is 7.19. The van der Waals surface area contributed by atoms with Gasteiger partial charge < -0.3 is 4.74 Å². The first-order valence-corrected chi connectivity index (χ1v) is 8.34. The van der Waals surface area contributed by atoms with E-state index >= 15 is 0 Å². The summed E-state index contributed by atoms with van der Waals surface area (Å²) in [5.74, 6) is 0.690.